The number of rotatable bonds is 6. The van der Waals surface area contributed by atoms with E-state index in [1.54, 1.807) is 24.3 Å². The first kappa shape index (κ1) is 22.6. The molecular formula is C24H24ClFN4O4. The number of anilines is 2. The summed E-state index contributed by atoms with van der Waals surface area (Å²) >= 11 is 6.31. The molecular weight excluding hydrogens is 463 g/mol. The number of para-hydroxylation sites is 1. The molecule has 1 amide bonds. The van der Waals surface area contributed by atoms with Gasteiger partial charge in [-0.1, -0.05) is 17.7 Å². The Morgan fingerprint density at radius 2 is 2.21 bits per heavy atom. The van der Waals surface area contributed by atoms with E-state index in [0.29, 0.717) is 71.9 Å². The Labute approximate surface area is 200 Å². The summed E-state index contributed by atoms with van der Waals surface area (Å²) in [7, 11) is 1.51. The van der Waals surface area contributed by atoms with Crippen LogP contribution in [0.25, 0.3) is 11.3 Å². The van der Waals surface area contributed by atoms with Gasteiger partial charge in [-0.05, 0) is 24.6 Å². The summed E-state index contributed by atoms with van der Waals surface area (Å²) < 4.78 is 31.7. The fraction of sp³-hybridized carbons (Fsp3) is 0.333. The van der Waals surface area contributed by atoms with E-state index in [1.807, 2.05) is 0 Å². The van der Waals surface area contributed by atoms with E-state index in [0.717, 1.165) is 6.20 Å². The topological polar surface area (TPSA) is 97.5 Å². The van der Waals surface area contributed by atoms with Crippen molar-refractivity contribution >= 4 is 28.9 Å². The zero-order valence-corrected chi connectivity index (χ0v) is 19.2. The van der Waals surface area contributed by atoms with Gasteiger partial charge in [-0.3, -0.25) is 9.78 Å². The van der Waals surface area contributed by atoms with Gasteiger partial charge >= 0.3 is 0 Å². The Balaban J connectivity index is 1.63. The van der Waals surface area contributed by atoms with Crippen molar-refractivity contribution in [3.63, 3.8) is 0 Å². The molecule has 0 aliphatic carbocycles. The quantitative estimate of drug-likeness (QED) is 0.482. The number of pyridine rings is 1. The molecule has 0 saturated carbocycles. The number of aromatic amines is 1. The van der Waals surface area contributed by atoms with Gasteiger partial charge in [0.15, 0.2) is 11.6 Å². The van der Waals surface area contributed by atoms with Crippen molar-refractivity contribution in [3.8, 4) is 17.0 Å². The van der Waals surface area contributed by atoms with Crippen LogP contribution >= 0.6 is 11.6 Å². The van der Waals surface area contributed by atoms with Crippen LogP contribution in [-0.2, 0) is 9.47 Å². The largest absolute Gasteiger partial charge is 0.493 e. The highest BCUT2D eigenvalue weighted by atomic mass is 35.5. The van der Waals surface area contributed by atoms with Crippen molar-refractivity contribution in [3.05, 3.63) is 58.8 Å². The smallest absolute Gasteiger partial charge is 0.255 e. The molecule has 1 fully saturated rings. The van der Waals surface area contributed by atoms with Crippen molar-refractivity contribution in [1.82, 2.24) is 15.3 Å². The Hall–Kier alpha value is -3.14. The molecule has 1 saturated heterocycles. The van der Waals surface area contributed by atoms with Gasteiger partial charge in [-0.25, -0.2) is 4.39 Å². The molecule has 5 rings (SSSR count). The summed E-state index contributed by atoms with van der Waals surface area (Å²) in [5.41, 5.74) is 2.84. The highest BCUT2D eigenvalue weighted by molar-refractivity contribution is 6.32. The van der Waals surface area contributed by atoms with Crippen LogP contribution in [0.2, 0.25) is 5.02 Å². The molecule has 3 N–H and O–H groups in total. The van der Waals surface area contributed by atoms with E-state index >= 15 is 0 Å². The molecule has 0 radical (unpaired) electrons. The monoisotopic (exact) mass is 486 g/mol. The number of amides is 1. The maximum Gasteiger partial charge on any atom is 0.255 e. The Kier molecular flexibility index (Phi) is 6.40. The SMILES string of the molecule is COc1c(Cl)cccc1Nc1c(-c2ccncc2F)[nH]c2c1C(=O)NC[C@@H]2C[C@H]1COCCO1. The normalized spacial score (nSPS) is 19.9. The van der Waals surface area contributed by atoms with Crippen LogP contribution in [0.4, 0.5) is 15.8 Å². The number of H-pyrrole nitrogens is 1. The van der Waals surface area contributed by atoms with Crippen molar-refractivity contribution in [2.75, 3.05) is 38.8 Å². The van der Waals surface area contributed by atoms with E-state index in [1.165, 1.54) is 13.3 Å². The molecule has 0 spiro atoms. The second-order valence-corrected chi connectivity index (χ2v) is 8.58. The van der Waals surface area contributed by atoms with E-state index in [2.05, 4.69) is 20.6 Å². The highest BCUT2D eigenvalue weighted by Gasteiger charge is 2.35. The second-order valence-electron chi connectivity index (χ2n) is 8.18. The maximum absolute atomic E-state index is 14.8. The second kappa shape index (κ2) is 9.61. The fourth-order valence-electron chi connectivity index (χ4n) is 4.51. The molecule has 4 heterocycles. The van der Waals surface area contributed by atoms with Gasteiger partial charge in [-0.15, -0.1) is 0 Å². The van der Waals surface area contributed by atoms with Crippen LogP contribution in [0.3, 0.4) is 0 Å². The molecule has 1 aromatic carbocycles. The number of benzene rings is 1. The van der Waals surface area contributed by atoms with Gasteiger partial charge in [0, 0.05) is 29.9 Å². The van der Waals surface area contributed by atoms with E-state index < -0.39 is 5.82 Å². The molecule has 2 aromatic heterocycles. The number of hydrogen-bond donors (Lipinski definition) is 3. The van der Waals surface area contributed by atoms with Gasteiger partial charge in [0.2, 0.25) is 0 Å². The minimum absolute atomic E-state index is 0.0696. The number of carbonyl (C=O) groups excluding carboxylic acids is 1. The molecule has 178 valence electrons. The third-order valence-electron chi connectivity index (χ3n) is 6.08. The molecule has 2 aliphatic rings. The molecule has 0 unspecified atom stereocenters. The Morgan fingerprint density at radius 3 is 2.97 bits per heavy atom. The first-order chi connectivity index (χ1) is 16.6. The number of hydrogen-bond acceptors (Lipinski definition) is 6. The minimum Gasteiger partial charge on any atom is -0.493 e. The standard InChI is InChI=1S/C24H24ClFN4O4/c1-32-23-16(25)3-2-4-18(23)29-22-19-20(30-21(22)15-5-6-27-11-17(15)26)13(10-28-24(19)31)9-14-12-33-7-8-34-14/h2-6,11,13-14,29-30H,7-10,12H2,1H3,(H,28,31)/t13-,14-/m0/s1. The lowest BCUT2D eigenvalue weighted by atomic mass is 9.91. The van der Waals surface area contributed by atoms with Crippen LogP contribution in [0, 0.1) is 5.82 Å². The number of aromatic nitrogens is 2. The number of ether oxygens (including phenoxy) is 3. The molecule has 0 bridgehead atoms. The summed E-state index contributed by atoms with van der Waals surface area (Å²) in [5, 5.41) is 6.65. The van der Waals surface area contributed by atoms with Crippen molar-refractivity contribution in [1.29, 1.82) is 0 Å². The number of carbonyl (C=O) groups is 1. The summed E-state index contributed by atoms with van der Waals surface area (Å²) in [6.45, 7) is 2.05. The third-order valence-corrected chi connectivity index (χ3v) is 6.38. The first-order valence-electron chi connectivity index (χ1n) is 11.0. The average molecular weight is 487 g/mol. The first-order valence-corrected chi connectivity index (χ1v) is 11.4. The number of fused-ring (bicyclic) bond motifs is 1. The molecule has 34 heavy (non-hydrogen) atoms. The van der Waals surface area contributed by atoms with E-state index in [9.17, 15) is 9.18 Å². The average Bonchev–Trinajstić information content (AvgIpc) is 3.22. The lowest BCUT2D eigenvalue weighted by Gasteiger charge is -2.29. The summed E-state index contributed by atoms with van der Waals surface area (Å²) in [5.74, 6) is -0.420. The number of nitrogens with one attached hydrogen (secondary N) is 3. The van der Waals surface area contributed by atoms with Crippen molar-refractivity contribution < 1.29 is 23.4 Å². The van der Waals surface area contributed by atoms with Crippen LogP contribution in [-0.4, -0.2) is 55.5 Å². The van der Waals surface area contributed by atoms with E-state index in [4.69, 9.17) is 25.8 Å². The molecule has 8 nitrogen and oxygen atoms in total. The van der Waals surface area contributed by atoms with Crippen LogP contribution in [0.15, 0.2) is 36.7 Å². The van der Waals surface area contributed by atoms with Gasteiger partial charge in [-0.2, -0.15) is 0 Å². The fourth-order valence-corrected chi connectivity index (χ4v) is 4.76. The number of halogens is 2. The van der Waals surface area contributed by atoms with Crippen LogP contribution in [0.5, 0.6) is 5.75 Å². The maximum atomic E-state index is 14.8. The van der Waals surface area contributed by atoms with Crippen LogP contribution in [0.1, 0.15) is 28.4 Å². The third kappa shape index (κ3) is 4.22. The molecule has 3 aromatic rings. The van der Waals surface area contributed by atoms with Crippen molar-refractivity contribution in [2.45, 2.75) is 18.4 Å². The van der Waals surface area contributed by atoms with Gasteiger partial charge in [0.05, 0.1) is 66.9 Å². The zero-order chi connectivity index (χ0) is 23.7. The lowest BCUT2D eigenvalue weighted by molar-refractivity contribution is -0.0928. The molecule has 10 heteroatoms. The Bertz CT molecular complexity index is 1210. The molecule has 2 aliphatic heterocycles. The highest BCUT2D eigenvalue weighted by Crippen LogP contribution is 2.43. The van der Waals surface area contributed by atoms with Gasteiger partial charge in [0.25, 0.3) is 5.91 Å². The van der Waals surface area contributed by atoms with Crippen LogP contribution < -0.4 is 15.4 Å². The predicted octanol–water partition coefficient (Wildman–Crippen LogP) is 4.25. The number of nitrogens with zero attached hydrogens (tertiary/aromatic N) is 1. The number of methoxy groups -OCH3 is 1. The van der Waals surface area contributed by atoms with E-state index in [-0.39, 0.29) is 23.5 Å². The van der Waals surface area contributed by atoms with Gasteiger partial charge < -0.3 is 29.8 Å². The zero-order valence-electron chi connectivity index (χ0n) is 18.5. The predicted molar refractivity (Wildman–Crippen MR) is 126 cm³/mol. The molecule has 2 atom stereocenters. The minimum atomic E-state index is -0.511. The summed E-state index contributed by atoms with van der Waals surface area (Å²) in [6.07, 6.45) is 3.21. The summed E-state index contributed by atoms with van der Waals surface area (Å²) in [4.78, 5) is 20.3. The van der Waals surface area contributed by atoms with Gasteiger partial charge in [0.1, 0.15) is 0 Å². The van der Waals surface area contributed by atoms with Crippen molar-refractivity contribution in [2.24, 2.45) is 0 Å². The Morgan fingerprint density at radius 1 is 1.32 bits per heavy atom. The lowest BCUT2D eigenvalue weighted by Crippen LogP contribution is -2.38. The summed E-state index contributed by atoms with van der Waals surface area (Å²) in [6, 6.07) is 6.82.